The predicted molar refractivity (Wildman–Crippen MR) is 89.0 cm³/mol. The fourth-order valence-corrected chi connectivity index (χ4v) is 3.65. The van der Waals surface area contributed by atoms with Crippen LogP contribution in [0, 0.1) is 0 Å². The third-order valence-corrected chi connectivity index (χ3v) is 5.26. The van der Waals surface area contributed by atoms with Crippen LogP contribution in [-0.4, -0.2) is 36.3 Å². The lowest BCUT2D eigenvalue weighted by Crippen LogP contribution is -2.30. The molecular weight excluding hydrogens is 314 g/mol. The number of nitrogens with zero attached hydrogens (tertiary/aromatic N) is 4. The normalized spacial score (nSPS) is 15.6. The Hall–Kier alpha value is -2.09. The molecule has 2 aromatic rings. The first-order valence-electron chi connectivity index (χ1n) is 7.85. The molecule has 0 atom stereocenters. The topological polar surface area (TPSA) is 80.1 Å². The Kier molecular flexibility index (Phi) is 4.51. The minimum absolute atomic E-state index is 0.163. The van der Waals surface area contributed by atoms with Crippen LogP contribution < -0.4 is 9.62 Å². The van der Waals surface area contributed by atoms with Gasteiger partial charge in [0.2, 0.25) is 0 Å². The van der Waals surface area contributed by atoms with Crippen molar-refractivity contribution in [3.63, 3.8) is 0 Å². The SMILES string of the molecule is CCn1cc(S(=O)(=O)Nc2ccnc(N3CCCCC3)c2)cn1. The first-order chi connectivity index (χ1) is 11.1. The third-order valence-electron chi connectivity index (χ3n) is 3.92. The van der Waals surface area contributed by atoms with Gasteiger partial charge in [-0.1, -0.05) is 0 Å². The summed E-state index contributed by atoms with van der Waals surface area (Å²) in [5.74, 6) is 0.814. The lowest BCUT2D eigenvalue weighted by molar-refractivity contribution is 0.573. The molecule has 0 amide bonds. The zero-order valence-electron chi connectivity index (χ0n) is 13.1. The van der Waals surface area contributed by atoms with E-state index in [1.807, 2.05) is 6.92 Å². The maximum absolute atomic E-state index is 12.4. The minimum atomic E-state index is -3.63. The Morgan fingerprint density at radius 1 is 1.26 bits per heavy atom. The Bertz CT molecular complexity index is 766. The van der Waals surface area contributed by atoms with Gasteiger partial charge in [0.1, 0.15) is 10.7 Å². The Balaban J connectivity index is 1.79. The molecule has 3 heterocycles. The minimum Gasteiger partial charge on any atom is -0.357 e. The van der Waals surface area contributed by atoms with Gasteiger partial charge in [-0.05, 0) is 32.3 Å². The molecule has 1 aliphatic rings. The number of hydrogen-bond donors (Lipinski definition) is 1. The number of anilines is 2. The fourth-order valence-electron chi connectivity index (χ4n) is 2.65. The fraction of sp³-hybridized carbons (Fsp3) is 0.467. The number of piperidine rings is 1. The van der Waals surface area contributed by atoms with E-state index in [2.05, 4.69) is 19.7 Å². The molecule has 1 aliphatic heterocycles. The van der Waals surface area contributed by atoms with Crippen LogP contribution in [0.2, 0.25) is 0 Å². The molecule has 1 N–H and O–H groups in total. The monoisotopic (exact) mass is 335 g/mol. The average Bonchev–Trinajstić information content (AvgIpc) is 3.06. The summed E-state index contributed by atoms with van der Waals surface area (Å²) >= 11 is 0. The molecule has 0 spiro atoms. The lowest BCUT2D eigenvalue weighted by Gasteiger charge is -2.27. The Labute approximate surface area is 136 Å². The zero-order chi connectivity index (χ0) is 16.3. The molecule has 8 heteroatoms. The first-order valence-corrected chi connectivity index (χ1v) is 9.33. The van der Waals surface area contributed by atoms with Crippen molar-refractivity contribution in [2.75, 3.05) is 22.7 Å². The number of aromatic nitrogens is 3. The van der Waals surface area contributed by atoms with Crippen molar-refractivity contribution in [1.29, 1.82) is 0 Å². The highest BCUT2D eigenvalue weighted by Gasteiger charge is 2.18. The standard InChI is InChI=1S/C15H21N5O2S/c1-2-20-12-14(11-17-20)23(21,22)18-13-6-7-16-15(10-13)19-8-4-3-5-9-19/h6-7,10-12H,2-5,8-9H2,1H3,(H,16,18). The molecule has 1 saturated heterocycles. The molecule has 0 unspecified atom stereocenters. The molecule has 0 saturated carbocycles. The van der Waals surface area contributed by atoms with Gasteiger partial charge in [-0.25, -0.2) is 13.4 Å². The summed E-state index contributed by atoms with van der Waals surface area (Å²) in [4.78, 5) is 6.71. The van der Waals surface area contributed by atoms with E-state index >= 15 is 0 Å². The van der Waals surface area contributed by atoms with E-state index in [1.165, 1.54) is 18.8 Å². The molecule has 0 radical (unpaired) electrons. The maximum Gasteiger partial charge on any atom is 0.265 e. The van der Waals surface area contributed by atoms with Crippen LogP contribution in [0.1, 0.15) is 26.2 Å². The number of sulfonamides is 1. The second kappa shape index (κ2) is 6.57. The van der Waals surface area contributed by atoms with Crippen LogP contribution in [-0.2, 0) is 16.6 Å². The van der Waals surface area contributed by atoms with Crippen LogP contribution in [0.5, 0.6) is 0 Å². The largest absolute Gasteiger partial charge is 0.357 e. The van der Waals surface area contributed by atoms with Gasteiger partial charge in [0, 0.05) is 38.1 Å². The molecular formula is C15H21N5O2S. The van der Waals surface area contributed by atoms with Crippen LogP contribution >= 0.6 is 0 Å². The number of aryl methyl sites for hydroxylation is 1. The van der Waals surface area contributed by atoms with Gasteiger partial charge in [-0.15, -0.1) is 0 Å². The van der Waals surface area contributed by atoms with E-state index in [-0.39, 0.29) is 4.90 Å². The van der Waals surface area contributed by atoms with E-state index in [0.717, 1.165) is 31.7 Å². The lowest BCUT2D eigenvalue weighted by atomic mass is 10.1. The Morgan fingerprint density at radius 2 is 2.04 bits per heavy atom. The van der Waals surface area contributed by atoms with E-state index in [9.17, 15) is 8.42 Å². The van der Waals surface area contributed by atoms with Crippen molar-refractivity contribution in [2.24, 2.45) is 0 Å². The van der Waals surface area contributed by atoms with Crippen molar-refractivity contribution >= 4 is 21.5 Å². The summed E-state index contributed by atoms with van der Waals surface area (Å²) in [6.07, 6.45) is 8.05. The molecule has 23 heavy (non-hydrogen) atoms. The molecule has 0 bridgehead atoms. The van der Waals surface area contributed by atoms with Gasteiger partial charge >= 0.3 is 0 Å². The Morgan fingerprint density at radius 3 is 2.74 bits per heavy atom. The maximum atomic E-state index is 12.4. The summed E-state index contributed by atoms with van der Waals surface area (Å²) in [6, 6.07) is 3.45. The van der Waals surface area contributed by atoms with E-state index < -0.39 is 10.0 Å². The third kappa shape index (κ3) is 3.64. The molecule has 7 nitrogen and oxygen atoms in total. The molecule has 0 aromatic carbocycles. The van der Waals surface area contributed by atoms with Crippen LogP contribution in [0.3, 0.4) is 0 Å². The summed E-state index contributed by atoms with van der Waals surface area (Å²) < 4.78 is 29.0. The summed E-state index contributed by atoms with van der Waals surface area (Å²) in [7, 11) is -3.63. The molecule has 1 fully saturated rings. The molecule has 124 valence electrons. The number of pyridine rings is 1. The second-order valence-corrected chi connectivity index (χ2v) is 7.27. The van der Waals surface area contributed by atoms with Crippen molar-refractivity contribution in [3.8, 4) is 0 Å². The van der Waals surface area contributed by atoms with E-state index in [0.29, 0.717) is 12.2 Å². The number of rotatable bonds is 5. The van der Waals surface area contributed by atoms with Gasteiger partial charge < -0.3 is 4.90 Å². The quantitative estimate of drug-likeness (QED) is 0.905. The van der Waals surface area contributed by atoms with Gasteiger partial charge in [0.05, 0.1) is 11.9 Å². The average molecular weight is 335 g/mol. The van der Waals surface area contributed by atoms with Gasteiger partial charge in [-0.3, -0.25) is 9.40 Å². The van der Waals surface area contributed by atoms with Crippen LogP contribution in [0.25, 0.3) is 0 Å². The molecule has 3 rings (SSSR count). The summed E-state index contributed by atoms with van der Waals surface area (Å²) in [5.41, 5.74) is 0.518. The van der Waals surface area contributed by atoms with Crippen molar-refractivity contribution in [3.05, 3.63) is 30.7 Å². The van der Waals surface area contributed by atoms with Gasteiger partial charge in [-0.2, -0.15) is 5.10 Å². The second-order valence-electron chi connectivity index (χ2n) is 5.59. The first kappa shape index (κ1) is 15.8. The molecule has 2 aromatic heterocycles. The van der Waals surface area contributed by atoms with Gasteiger partial charge in [0.15, 0.2) is 0 Å². The highest BCUT2D eigenvalue weighted by atomic mass is 32.2. The van der Waals surface area contributed by atoms with Crippen molar-refractivity contribution < 1.29 is 8.42 Å². The van der Waals surface area contributed by atoms with Crippen molar-refractivity contribution in [2.45, 2.75) is 37.6 Å². The molecule has 0 aliphatic carbocycles. The van der Waals surface area contributed by atoms with Crippen LogP contribution in [0.15, 0.2) is 35.6 Å². The number of nitrogens with one attached hydrogen (secondary N) is 1. The van der Waals surface area contributed by atoms with Gasteiger partial charge in [0.25, 0.3) is 10.0 Å². The zero-order valence-corrected chi connectivity index (χ0v) is 14.0. The number of hydrogen-bond acceptors (Lipinski definition) is 5. The van der Waals surface area contributed by atoms with Crippen molar-refractivity contribution in [1.82, 2.24) is 14.8 Å². The highest BCUT2D eigenvalue weighted by Crippen LogP contribution is 2.22. The highest BCUT2D eigenvalue weighted by molar-refractivity contribution is 7.92. The van der Waals surface area contributed by atoms with E-state index in [4.69, 9.17) is 0 Å². The summed E-state index contributed by atoms with van der Waals surface area (Å²) in [5, 5.41) is 4.01. The van der Waals surface area contributed by atoms with Crippen LogP contribution in [0.4, 0.5) is 11.5 Å². The smallest absolute Gasteiger partial charge is 0.265 e. The summed E-state index contributed by atoms with van der Waals surface area (Å²) in [6.45, 7) is 4.47. The van der Waals surface area contributed by atoms with E-state index in [1.54, 1.807) is 23.0 Å². The predicted octanol–water partition coefficient (Wildman–Crippen LogP) is 2.09.